The summed E-state index contributed by atoms with van der Waals surface area (Å²) in [6.07, 6.45) is 19.9. The molecule has 0 bridgehead atoms. The highest BCUT2D eigenvalue weighted by Crippen LogP contribution is 2.42. The van der Waals surface area contributed by atoms with Gasteiger partial charge in [-0.05, 0) is 92.4 Å². The predicted molar refractivity (Wildman–Crippen MR) is 118 cm³/mol. The van der Waals surface area contributed by atoms with Crippen molar-refractivity contribution in [1.29, 1.82) is 0 Å². The van der Waals surface area contributed by atoms with Crippen molar-refractivity contribution < 1.29 is 0 Å². The molecule has 2 aliphatic carbocycles. The summed E-state index contributed by atoms with van der Waals surface area (Å²) in [5.74, 6) is 10.4. The fourth-order valence-corrected chi connectivity index (χ4v) is 5.23. The van der Waals surface area contributed by atoms with Gasteiger partial charge < -0.3 is 0 Å². The van der Waals surface area contributed by atoms with Crippen LogP contribution in [0.5, 0.6) is 0 Å². The highest BCUT2D eigenvalue weighted by atomic mass is 14.3. The van der Waals surface area contributed by atoms with Gasteiger partial charge in [0.1, 0.15) is 0 Å². The van der Waals surface area contributed by atoms with Gasteiger partial charge in [-0.25, -0.2) is 0 Å². The summed E-state index contributed by atoms with van der Waals surface area (Å²) < 4.78 is 0. The molecular weight excluding hydrogens is 324 g/mol. The number of benzene rings is 1. The van der Waals surface area contributed by atoms with Crippen LogP contribution in [0.3, 0.4) is 0 Å². The molecule has 1 aromatic carbocycles. The van der Waals surface area contributed by atoms with Crippen molar-refractivity contribution in [3.63, 3.8) is 0 Å². The Morgan fingerprint density at radius 2 is 1.48 bits per heavy atom. The first-order valence-electron chi connectivity index (χ1n) is 11.6. The lowest BCUT2D eigenvalue weighted by Crippen LogP contribution is -2.25. The van der Waals surface area contributed by atoms with Gasteiger partial charge in [0.2, 0.25) is 0 Å². The quantitative estimate of drug-likeness (QED) is 0.474. The van der Waals surface area contributed by atoms with E-state index in [0.29, 0.717) is 0 Å². The monoisotopic (exact) mass is 362 g/mol. The fraction of sp³-hybridized carbons (Fsp3) is 0.630. The van der Waals surface area contributed by atoms with Crippen LogP contribution in [-0.4, -0.2) is 0 Å². The van der Waals surface area contributed by atoms with Crippen LogP contribution in [0.4, 0.5) is 0 Å². The molecular formula is C27H38. The van der Waals surface area contributed by atoms with E-state index in [-0.39, 0.29) is 0 Å². The molecule has 0 heterocycles. The molecule has 0 N–H and O–H groups in total. The Kier molecular flexibility index (Phi) is 8.07. The van der Waals surface area contributed by atoms with Crippen LogP contribution in [0.2, 0.25) is 0 Å². The van der Waals surface area contributed by atoms with Crippen molar-refractivity contribution in [1.82, 2.24) is 0 Å². The molecule has 1 aromatic rings. The molecule has 0 unspecified atom stereocenters. The van der Waals surface area contributed by atoms with Crippen LogP contribution >= 0.6 is 0 Å². The Morgan fingerprint density at radius 3 is 2.07 bits per heavy atom. The first-order valence-corrected chi connectivity index (χ1v) is 11.6. The van der Waals surface area contributed by atoms with E-state index >= 15 is 0 Å². The van der Waals surface area contributed by atoms with E-state index < -0.39 is 0 Å². The third-order valence-corrected chi connectivity index (χ3v) is 7.11. The molecule has 0 amide bonds. The zero-order valence-corrected chi connectivity index (χ0v) is 17.6. The van der Waals surface area contributed by atoms with Gasteiger partial charge >= 0.3 is 0 Å². The van der Waals surface area contributed by atoms with Gasteiger partial charge in [-0.1, -0.05) is 69.6 Å². The van der Waals surface area contributed by atoms with Crippen molar-refractivity contribution in [2.45, 2.75) is 84.5 Å². The number of rotatable bonds is 5. The van der Waals surface area contributed by atoms with Gasteiger partial charge in [-0.3, -0.25) is 0 Å². The lowest BCUT2D eigenvalue weighted by Gasteiger charge is -2.37. The second-order valence-electron chi connectivity index (χ2n) is 8.94. The second-order valence-corrected chi connectivity index (χ2v) is 8.94. The smallest absolute Gasteiger partial charge is 0.0249 e. The maximum atomic E-state index is 3.29. The summed E-state index contributed by atoms with van der Waals surface area (Å²) in [5.41, 5.74) is 2.55. The van der Waals surface area contributed by atoms with Gasteiger partial charge in [-0.2, -0.15) is 0 Å². The summed E-state index contributed by atoms with van der Waals surface area (Å²) in [4.78, 5) is 0. The minimum absolute atomic E-state index is 0.759. The molecule has 146 valence electrons. The molecule has 0 aromatic heterocycles. The summed E-state index contributed by atoms with van der Waals surface area (Å²) >= 11 is 0. The van der Waals surface area contributed by atoms with Crippen LogP contribution in [0.1, 0.15) is 89.2 Å². The summed E-state index contributed by atoms with van der Waals surface area (Å²) in [5, 5.41) is 0. The molecule has 2 saturated carbocycles. The maximum Gasteiger partial charge on any atom is 0.0249 e. The lowest BCUT2D eigenvalue weighted by atomic mass is 9.69. The van der Waals surface area contributed by atoms with Crippen molar-refractivity contribution in [3.8, 4) is 11.8 Å². The highest BCUT2D eigenvalue weighted by molar-refractivity contribution is 5.38. The van der Waals surface area contributed by atoms with Crippen LogP contribution in [0.15, 0.2) is 36.4 Å². The third kappa shape index (κ3) is 6.27. The van der Waals surface area contributed by atoms with E-state index in [4.69, 9.17) is 0 Å². The Bertz CT molecular complexity index is 623. The Balaban J connectivity index is 1.40. The van der Waals surface area contributed by atoms with Crippen molar-refractivity contribution in [2.24, 2.45) is 23.7 Å². The molecule has 2 aliphatic rings. The molecule has 2 fully saturated rings. The van der Waals surface area contributed by atoms with E-state index in [9.17, 15) is 0 Å². The largest absolute Gasteiger partial charge is 0.0730 e. The molecule has 3 rings (SSSR count). The first-order chi connectivity index (χ1) is 13.3. The number of hydrogen-bond donors (Lipinski definition) is 0. The summed E-state index contributed by atoms with van der Waals surface area (Å²) in [7, 11) is 0. The zero-order chi connectivity index (χ0) is 18.9. The fourth-order valence-electron chi connectivity index (χ4n) is 5.23. The molecule has 0 heteroatoms. The van der Waals surface area contributed by atoms with Gasteiger partial charge in [0.05, 0.1) is 0 Å². The average Bonchev–Trinajstić information content (AvgIpc) is 2.73. The Labute approximate surface area is 167 Å². The van der Waals surface area contributed by atoms with Gasteiger partial charge in [0.25, 0.3) is 0 Å². The molecule has 0 radical (unpaired) electrons. The minimum Gasteiger partial charge on any atom is -0.0730 e. The van der Waals surface area contributed by atoms with Crippen molar-refractivity contribution in [3.05, 3.63) is 47.5 Å². The Hall–Kier alpha value is -1.48. The predicted octanol–water partition coefficient (Wildman–Crippen LogP) is 7.57. The van der Waals surface area contributed by atoms with Gasteiger partial charge in [-0.15, -0.1) is 0 Å². The molecule has 0 nitrogen and oxygen atoms in total. The minimum atomic E-state index is 0.759. The van der Waals surface area contributed by atoms with Crippen LogP contribution in [0, 0.1) is 35.5 Å². The number of allylic oxidation sites excluding steroid dienone is 2. The molecule has 0 spiro atoms. The van der Waals surface area contributed by atoms with E-state index in [0.717, 1.165) is 35.7 Å². The van der Waals surface area contributed by atoms with E-state index in [2.05, 4.69) is 62.1 Å². The first kappa shape index (κ1) is 20.3. The van der Waals surface area contributed by atoms with Gasteiger partial charge in [0, 0.05) is 5.56 Å². The van der Waals surface area contributed by atoms with E-state index in [1.54, 1.807) is 0 Å². The van der Waals surface area contributed by atoms with E-state index in [1.165, 1.54) is 69.8 Å². The van der Waals surface area contributed by atoms with Gasteiger partial charge in [0.15, 0.2) is 0 Å². The average molecular weight is 363 g/mol. The molecule has 27 heavy (non-hydrogen) atoms. The molecule has 0 aliphatic heterocycles. The van der Waals surface area contributed by atoms with Crippen LogP contribution in [0.25, 0.3) is 0 Å². The zero-order valence-electron chi connectivity index (χ0n) is 17.6. The van der Waals surface area contributed by atoms with Crippen LogP contribution < -0.4 is 0 Å². The third-order valence-electron chi connectivity index (χ3n) is 7.11. The number of aryl methyl sites for hydroxylation is 1. The highest BCUT2D eigenvalue weighted by Gasteiger charge is 2.29. The van der Waals surface area contributed by atoms with Crippen molar-refractivity contribution in [2.75, 3.05) is 0 Å². The SMILES string of the molecule is CCCc1ccc(C#CC=CC2CCC(C3CCC(CC)CC3)CC2)cc1. The Morgan fingerprint density at radius 1 is 0.852 bits per heavy atom. The van der Waals surface area contributed by atoms with Crippen molar-refractivity contribution >= 4 is 0 Å². The summed E-state index contributed by atoms with van der Waals surface area (Å²) in [6, 6.07) is 8.74. The molecule has 0 atom stereocenters. The summed E-state index contributed by atoms with van der Waals surface area (Å²) in [6.45, 7) is 4.59. The second kappa shape index (κ2) is 10.8. The maximum absolute atomic E-state index is 3.29. The normalized spacial score (nSPS) is 28.7. The van der Waals surface area contributed by atoms with Crippen LogP contribution in [-0.2, 0) is 6.42 Å². The number of hydrogen-bond acceptors (Lipinski definition) is 0. The van der Waals surface area contributed by atoms with E-state index in [1.807, 2.05) is 0 Å². The topological polar surface area (TPSA) is 0 Å². The lowest BCUT2D eigenvalue weighted by molar-refractivity contribution is 0.154. The standard InChI is InChI=1S/C27H38/c1-3-7-23-10-12-24(13-11-23)8-5-6-9-25-16-20-27(21-17-25)26-18-14-22(4-2)15-19-26/h6,9-13,22,25-27H,3-4,7,14-21H2,1-2H3. The molecule has 0 saturated heterocycles.